The number of fused-ring (bicyclic) bond motifs is 2. The normalized spacial score (nSPS) is 34.3. The Kier molecular flexibility index (Phi) is 7.41. The van der Waals surface area contributed by atoms with Crippen molar-refractivity contribution in [3.63, 3.8) is 0 Å². The van der Waals surface area contributed by atoms with Crippen molar-refractivity contribution in [1.82, 2.24) is 14.7 Å². The predicted octanol–water partition coefficient (Wildman–Crippen LogP) is 3.15. The van der Waals surface area contributed by atoms with Crippen LogP contribution >= 0.6 is 0 Å². The number of aliphatic hydroxyl groups excluding tert-OH is 1. The lowest BCUT2D eigenvalue weighted by molar-refractivity contribution is -0.160. The smallest absolute Gasteiger partial charge is 0.249 e. The molecule has 1 spiro atoms. The summed E-state index contributed by atoms with van der Waals surface area (Å²) in [6.45, 7) is 17.5. The van der Waals surface area contributed by atoms with Crippen LogP contribution in [0.5, 0.6) is 0 Å². The van der Waals surface area contributed by atoms with E-state index in [4.69, 9.17) is 4.74 Å². The fraction of sp³-hybridized carbons (Fsp3) is 0.767. The summed E-state index contributed by atoms with van der Waals surface area (Å²) in [5.41, 5.74) is -2.78. The summed E-state index contributed by atoms with van der Waals surface area (Å²) in [5.74, 6) is -2.16. The monoisotopic (exact) mass is 529 g/mol. The molecule has 0 aromatic rings. The van der Waals surface area contributed by atoms with E-state index in [0.717, 1.165) is 12.8 Å². The second kappa shape index (κ2) is 9.77. The first kappa shape index (κ1) is 28.8. The van der Waals surface area contributed by atoms with Crippen LogP contribution in [0.1, 0.15) is 74.7 Å². The number of rotatable bonds is 7. The zero-order valence-corrected chi connectivity index (χ0v) is 24.5. The summed E-state index contributed by atoms with van der Waals surface area (Å²) < 4.78 is 6.99. The first-order chi connectivity index (χ1) is 17.7. The van der Waals surface area contributed by atoms with Crippen LogP contribution in [0.25, 0.3) is 0 Å². The van der Waals surface area contributed by atoms with Gasteiger partial charge in [0.2, 0.25) is 17.7 Å². The zero-order valence-electron chi connectivity index (χ0n) is 24.5. The molecular weight excluding hydrogens is 482 g/mol. The van der Waals surface area contributed by atoms with Crippen LogP contribution in [0.4, 0.5) is 0 Å². The number of amides is 3. The molecule has 0 aliphatic carbocycles. The molecule has 4 rings (SSSR count). The molecule has 8 nitrogen and oxygen atoms in total. The highest BCUT2D eigenvalue weighted by molar-refractivity contribution is 6.00. The lowest BCUT2D eigenvalue weighted by Gasteiger charge is -2.45. The third kappa shape index (κ3) is 4.32. The van der Waals surface area contributed by atoms with Crippen molar-refractivity contribution in [3.05, 3.63) is 24.3 Å². The third-order valence-electron chi connectivity index (χ3n) is 8.89. The van der Waals surface area contributed by atoms with Crippen LogP contribution in [0.15, 0.2) is 24.3 Å². The number of carbonyl (C=O) groups excluding carboxylic acids is 3. The number of likely N-dealkylation sites (tertiary alicyclic amines) is 1. The standard InChI is InChI=1S/C30H47N3O5/c1-9-15-31-16-11-13-29(10-2)21(24(31)35)22-25(36)33(20(3)18-34)23-26(37)32(17-12-14-30(22,23)38-29)28(7,8)19-27(4,5)6/h11-14,20-23,34H,9-10,15-19H2,1-8H3/t20-,21-,22+,23?,29+,30+/m1/s1. The van der Waals surface area contributed by atoms with Gasteiger partial charge in [0.05, 0.1) is 30.1 Å². The Balaban J connectivity index is 1.88. The Bertz CT molecular complexity index is 1030. The molecule has 38 heavy (non-hydrogen) atoms. The Hall–Kier alpha value is -2.19. The van der Waals surface area contributed by atoms with E-state index in [0.29, 0.717) is 26.1 Å². The van der Waals surface area contributed by atoms with Crippen molar-refractivity contribution in [3.8, 4) is 0 Å². The lowest BCUT2D eigenvalue weighted by Crippen LogP contribution is -2.61. The van der Waals surface area contributed by atoms with Gasteiger partial charge < -0.3 is 24.5 Å². The van der Waals surface area contributed by atoms with E-state index in [9.17, 15) is 19.5 Å². The topological polar surface area (TPSA) is 90.4 Å². The maximum Gasteiger partial charge on any atom is 0.249 e. The molecule has 212 valence electrons. The highest BCUT2D eigenvalue weighted by Crippen LogP contribution is 2.59. The molecule has 4 aliphatic heterocycles. The quantitative estimate of drug-likeness (QED) is 0.512. The minimum absolute atomic E-state index is 0.0210. The van der Waals surface area contributed by atoms with Crippen molar-refractivity contribution in [2.75, 3.05) is 26.2 Å². The Morgan fingerprint density at radius 2 is 1.66 bits per heavy atom. The van der Waals surface area contributed by atoms with Crippen molar-refractivity contribution in [2.24, 2.45) is 17.3 Å². The molecule has 3 amide bonds. The summed E-state index contributed by atoms with van der Waals surface area (Å²) in [6, 6.07) is -1.56. The fourth-order valence-corrected chi connectivity index (χ4v) is 7.72. The maximum atomic E-state index is 14.6. The van der Waals surface area contributed by atoms with Crippen LogP contribution in [0, 0.1) is 17.3 Å². The van der Waals surface area contributed by atoms with E-state index in [1.54, 1.807) is 6.92 Å². The second-order valence-corrected chi connectivity index (χ2v) is 13.5. The lowest BCUT2D eigenvalue weighted by atomic mass is 9.72. The van der Waals surface area contributed by atoms with Gasteiger partial charge in [0.1, 0.15) is 11.6 Å². The number of aliphatic hydroxyl groups is 1. The molecule has 0 saturated carbocycles. The van der Waals surface area contributed by atoms with E-state index >= 15 is 0 Å². The minimum atomic E-state index is -1.29. The highest BCUT2D eigenvalue weighted by Gasteiger charge is 2.76. The van der Waals surface area contributed by atoms with E-state index < -0.39 is 40.7 Å². The molecule has 4 aliphatic rings. The fourth-order valence-electron chi connectivity index (χ4n) is 7.72. The van der Waals surface area contributed by atoms with Gasteiger partial charge in [-0.25, -0.2) is 0 Å². The van der Waals surface area contributed by atoms with E-state index in [1.807, 2.05) is 48.0 Å². The summed E-state index contributed by atoms with van der Waals surface area (Å²) in [4.78, 5) is 48.3. The molecule has 1 N–H and O–H groups in total. The summed E-state index contributed by atoms with van der Waals surface area (Å²) in [6.07, 6.45) is 9.87. The molecule has 0 aromatic heterocycles. The number of carbonyl (C=O) groups is 3. The molecule has 0 bridgehead atoms. The van der Waals surface area contributed by atoms with E-state index in [2.05, 4.69) is 34.6 Å². The third-order valence-corrected chi connectivity index (χ3v) is 8.89. The molecule has 8 heteroatoms. The van der Waals surface area contributed by atoms with Crippen LogP contribution in [-0.2, 0) is 19.1 Å². The van der Waals surface area contributed by atoms with Crippen LogP contribution in [-0.4, -0.2) is 92.6 Å². The number of hydrogen-bond acceptors (Lipinski definition) is 5. The van der Waals surface area contributed by atoms with E-state index in [-0.39, 0.29) is 29.7 Å². The average Bonchev–Trinajstić information content (AvgIpc) is 3.12. The zero-order chi connectivity index (χ0) is 28.3. The summed E-state index contributed by atoms with van der Waals surface area (Å²) >= 11 is 0. The molecule has 2 fully saturated rings. The first-order valence-electron chi connectivity index (χ1n) is 14.3. The Morgan fingerprint density at radius 1 is 1.00 bits per heavy atom. The summed E-state index contributed by atoms with van der Waals surface area (Å²) in [7, 11) is 0. The van der Waals surface area contributed by atoms with Crippen LogP contribution < -0.4 is 0 Å². The van der Waals surface area contributed by atoms with Gasteiger partial charge in [0.25, 0.3) is 0 Å². The molecule has 0 radical (unpaired) electrons. The molecular formula is C30H47N3O5. The van der Waals surface area contributed by atoms with Crippen LogP contribution in [0.2, 0.25) is 0 Å². The van der Waals surface area contributed by atoms with Gasteiger partial charge in [-0.05, 0) is 45.4 Å². The second-order valence-electron chi connectivity index (χ2n) is 13.5. The SMILES string of the molecule is CCCN1CC=C[C@]2(CC)O[C@]34C=CCN(C(C)(C)CC(C)(C)C)C(=O)C3N([C@H](C)CO)C(=O)[C@@H]4[C@@H]2C1=O. The first-order valence-corrected chi connectivity index (χ1v) is 14.3. The van der Waals surface area contributed by atoms with Crippen molar-refractivity contribution in [1.29, 1.82) is 0 Å². The van der Waals surface area contributed by atoms with Gasteiger partial charge in [-0.1, -0.05) is 58.9 Å². The molecule has 0 aromatic carbocycles. The number of hydrogen-bond donors (Lipinski definition) is 1. The molecule has 1 unspecified atom stereocenters. The minimum Gasteiger partial charge on any atom is -0.394 e. The van der Waals surface area contributed by atoms with Gasteiger partial charge in [0.15, 0.2) is 0 Å². The number of nitrogens with zero attached hydrogens (tertiary/aromatic N) is 3. The average molecular weight is 530 g/mol. The van der Waals surface area contributed by atoms with Gasteiger partial charge in [0, 0.05) is 25.2 Å². The van der Waals surface area contributed by atoms with Gasteiger partial charge in [-0.2, -0.15) is 0 Å². The Labute approximate surface area is 228 Å². The van der Waals surface area contributed by atoms with E-state index in [1.165, 1.54) is 4.90 Å². The predicted molar refractivity (Wildman–Crippen MR) is 146 cm³/mol. The van der Waals surface area contributed by atoms with Crippen molar-refractivity contribution in [2.45, 2.75) is 103 Å². The van der Waals surface area contributed by atoms with Crippen molar-refractivity contribution >= 4 is 17.7 Å². The van der Waals surface area contributed by atoms with Gasteiger partial charge in [-0.3, -0.25) is 14.4 Å². The Morgan fingerprint density at radius 3 is 2.24 bits per heavy atom. The molecule has 4 heterocycles. The van der Waals surface area contributed by atoms with Crippen LogP contribution in [0.3, 0.4) is 0 Å². The number of ether oxygens (including phenoxy) is 1. The van der Waals surface area contributed by atoms with Crippen molar-refractivity contribution < 1.29 is 24.2 Å². The molecule has 6 atom stereocenters. The largest absolute Gasteiger partial charge is 0.394 e. The van der Waals surface area contributed by atoms with Gasteiger partial charge >= 0.3 is 0 Å². The summed E-state index contributed by atoms with van der Waals surface area (Å²) in [5, 5.41) is 10.2. The highest BCUT2D eigenvalue weighted by atomic mass is 16.5. The van der Waals surface area contributed by atoms with Gasteiger partial charge in [-0.15, -0.1) is 0 Å². The molecule has 2 saturated heterocycles. The maximum absolute atomic E-state index is 14.6.